The normalized spacial score (nSPS) is 17.8. The van der Waals surface area contributed by atoms with E-state index in [0.29, 0.717) is 16.8 Å². The van der Waals surface area contributed by atoms with E-state index in [-0.39, 0.29) is 11.8 Å². The van der Waals surface area contributed by atoms with Crippen molar-refractivity contribution in [3.63, 3.8) is 0 Å². The van der Waals surface area contributed by atoms with Crippen LogP contribution < -0.4 is 9.80 Å². The van der Waals surface area contributed by atoms with Gasteiger partial charge in [-0.05, 0) is 42.8 Å². The van der Waals surface area contributed by atoms with Crippen molar-refractivity contribution in [3.8, 4) is 0 Å². The van der Waals surface area contributed by atoms with Crippen LogP contribution in [0.5, 0.6) is 0 Å². The Morgan fingerprint density at radius 2 is 1.42 bits per heavy atom. The van der Waals surface area contributed by atoms with Crippen molar-refractivity contribution in [2.45, 2.75) is 13.1 Å². The molecule has 0 fully saturated rings. The fourth-order valence-corrected chi connectivity index (χ4v) is 3.93. The second kappa shape index (κ2) is 5.30. The molecule has 0 saturated carbocycles. The average molecular weight is 340 g/mol. The third-order valence-electron chi connectivity index (χ3n) is 5.07. The minimum Gasteiger partial charge on any atom is -0.282 e. The Morgan fingerprint density at radius 3 is 2.23 bits per heavy atom. The van der Waals surface area contributed by atoms with Gasteiger partial charge in [-0.2, -0.15) is 0 Å². The van der Waals surface area contributed by atoms with Crippen LogP contribution in [0, 0.1) is 6.92 Å². The first-order valence-electron chi connectivity index (χ1n) is 8.58. The lowest BCUT2D eigenvalue weighted by molar-refractivity contribution is 0.0949. The minimum atomic E-state index is -0.456. The highest BCUT2D eigenvalue weighted by Crippen LogP contribution is 2.46. The summed E-state index contributed by atoms with van der Waals surface area (Å²) in [6.07, 6.45) is -0.456. The van der Waals surface area contributed by atoms with Gasteiger partial charge in [0, 0.05) is 16.8 Å². The molecule has 0 radical (unpaired) electrons. The van der Waals surface area contributed by atoms with Crippen molar-refractivity contribution in [2.24, 2.45) is 0 Å². The van der Waals surface area contributed by atoms with Crippen molar-refractivity contribution in [1.29, 1.82) is 0 Å². The quantitative estimate of drug-likeness (QED) is 0.662. The first-order chi connectivity index (χ1) is 12.7. The lowest BCUT2D eigenvalue weighted by Gasteiger charge is -2.41. The largest absolute Gasteiger partial charge is 0.282 e. The summed E-state index contributed by atoms with van der Waals surface area (Å²) in [4.78, 5) is 30.0. The molecule has 26 heavy (non-hydrogen) atoms. The Kier molecular flexibility index (Phi) is 3.04. The maximum Gasteiger partial charge on any atom is 0.262 e. The molecule has 2 aliphatic rings. The average Bonchev–Trinajstić information content (AvgIpc) is 2.96. The Morgan fingerprint density at radius 1 is 0.731 bits per heavy atom. The van der Waals surface area contributed by atoms with Gasteiger partial charge in [-0.25, -0.2) is 0 Å². The van der Waals surface area contributed by atoms with Crippen LogP contribution in [0.2, 0.25) is 0 Å². The lowest BCUT2D eigenvalue weighted by Crippen LogP contribution is -2.48. The number of hydrogen-bond acceptors (Lipinski definition) is 2. The summed E-state index contributed by atoms with van der Waals surface area (Å²) in [5.74, 6) is -0.153. The van der Waals surface area contributed by atoms with Crippen molar-refractivity contribution in [3.05, 3.63) is 95.1 Å². The predicted molar refractivity (Wildman–Crippen MR) is 100 cm³/mol. The number of fused-ring (bicyclic) bond motifs is 5. The highest BCUT2D eigenvalue weighted by molar-refractivity contribution is 6.21. The first kappa shape index (κ1) is 14.9. The van der Waals surface area contributed by atoms with E-state index in [1.165, 1.54) is 0 Å². The van der Waals surface area contributed by atoms with Crippen LogP contribution in [-0.2, 0) is 0 Å². The Labute approximate surface area is 151 Å². The molecule has 4 nitrogen and oxygen atoms in total. The molecule has 2 heterocycles. The molecule has 126 valence electrons. The van der Waals surface area contributed by atoms with Gasteiger partial charge in [-0.1, -0.05) is 42.5 Å². The summed E-state index contributed by atoms with van der Waals surface area (Å²) >= 11 is 0. The third-order valence-corrected chi connectivity index (χ3v) is 5.07. The van der Waals surface area contributed by atoms with E-state index in [1.807, 2.05) is 73.7 Å². The molecule has 4 heteroatoms. The van der Waals surface area contributed by atoms with Gasteiger partial charge in [0.05, 0.1) is 11.3 Å². The zero-order chi connectivity index (χ0) is 17.8. The molecule has 1 atom stereocenters. The van der Waals surface area contributed by atoms with Gasteiger partial charge in [0.15, 0.2) is 0 Å². The van der Waals surface area contributed by atoms with Gasteiger partial charge in [0.25, 0.3) is 11.8 Å². The number of hydrogen-bond donors (Lipinski definition) is 0. The second-order valence-corrected chi connectivity index (χ2v) is 6.67. The Balaban J connectivity index is 1.80. The van der Waals surface area contributed by atoms with Crippen LogP contribution in [0.4, 0.5) is 11.4 Å². The van der Waals surface area contributed by atoms with Crippen molar-refractivity contribution in [1.82, 2.24) is 0 Å². The first-order valence-corrected chi connectivity index (χ1v) is 8.58. The number of nitrogens with zero attached hydrogens (tertiary/aromatic N) is 2. The zero-order valence-corrected chi connectivity index (χ0v) is 14.2. The summed E-state index contributed by atoms with van der Waals surface area (Å²) in [5, 5.41) is 0. The maximum absolute atomic E-state index is 13.4. The van der Waals surface area contributed by atoms with E-state index in [4.69, 9.17) is 0 Å². The monoisotopic (exact) mass is 340 g/mol. The number of rotatable bonds is 1. The molecule has 1 unspecified atom stereocenters. The standard InChI is InChI=1S/C22H16N2O2/c1-14-7-6-8-15(13-14)23-20-16-9-2-3-10-17(16)21(25)24(20)19-12-5-4-11-18(19)22(23)26/h2-13,20H,1H3. The lowest BCUT2D eigenvalue weighted by atomic mass is 10.0. The van der Waals surface area contributed by atoms with Crippen molar-refractivity contribution < 1.29 is 9.59 Å². The van der Waals surface area contributed by atoms with Crippen LogP contribution in [0.25, 0.3) is 0 Å². The molecular formula is C22H16N2O2. The van der Waals surface area contributed by atoms with Gasteiger partial charge in [-0.3, -0.25) is 19.4 Å². The summed E-state index contributed by atoms with van der Waals surface area (Å²) in [6, 6.07) is 22.7. The number of para-hydroxylation sites is 1. The van der Waals surface area contributed by atoms with E-state index in [1.54, 1.807) is 15.9 Å². The molecule has 2 amide bonds. The smallest absolute Gasteiger partial charge is 0.262 e. The number of benzene rings is 3. The van der Waals surface area contributed by atoms with Gasteiger partial charge in [0.2, 0.25) is 0 Å². The molecule has 3 aromatic carbocycles. The maximum atomic E-state index is 13.4. The van der Waals surface area contributed by atoms with Crippen molar-refractivity contribution >= 4 is 23.2 Å². The summed E-state index contributed by atoms with van der Waals surface area (Å²) in [7, 11) is 0. The number of anilines is 2. The van der Waals surface area contributed by atoms with E-state index >= 15 is 0 Å². The minimum absolute atomic E-state index is 0.0665. The van der Waals surface area contributed by atoms with Crippen LogP contribution in [0.15, 0.2) is 72.8 Å². The fourth-order valence-electron chi connectivity index (χ4n) is 3.93. The zero-order valence-electron chi connectivity index (χ0n) is 14.2. The molecule has 0 aromatic heterocycles. The van der Waals surface area contributed by atoms with Crippen molar-refractivity contribution in [2.75, 3.05) is 9.80 Å². The van der Waals surface area contributed by atoms with Gasteiger partial charge < -0.3 is 0 Å². The molecule has 3 aromatic rings. The fraction of sp³-hybridized carbons (Fsp3) is 0.0909. The molecule has 0 saturated heterocycles. The summed E-state index contributed by atoms with van der Waals surface area (Å²) in [5.41, 5.74) is 4.60. The molecule has 0 spiro atoms. The topological polar surface area (TPSA) is 40.6 Å². The predicted octanol–water partition coefficient (Wildman–Crippen LogP) is 4.31. The highest BCUT2D eigenvalue weighted by atomic mass is 16.2. The van der Waals surface area contributed by atoms with Crippen LogP contribution in [0.1, 0.15) is 38.0 Å². The van der Waals surface area contributed by atoms with Gasteiger partial charge in [0.1, 0.15) is 6.17 Å². The number of carbonyl (C=O) groups is 2. The van der Waals surface area contributed by atoms with Gasteiger partial charge >= 0.3 is 0 Å². The molecule has 0 aliphatic carbocycles. The number of aryl methyl sites for hydroxylation is 1. The second-order valence-electron chi connectivity index (χ2n) is 6.67. The number of carbonyl (C=O) groups excluding carboxylic acids is 2. The summed E-state index contributed by atoms with van der Waals surface area (Å²) in [6.45, 7) is 2.00. The molecular weight excluding hydrogens is 324 g/mol. The molecule has 0 bridgehead atoms. The van der Waals surface area contributed by atoms with E-state index < -0.39 is 6.17 Å². The van der Waals surface area contributed by atoms with Crippen LogP contribution >= 0.6 is 0 Å². The van der Waals surface area contributed by atoms with Crippen LogP contribution in [-0.4, -0.2) is 11.8 Å². The van der Waals surface area contributed by atoms with E-state index in [2.05, 4.69) is 0 Å². The van der Waals surface area contributed by atoms with E-state index in [0.717, 1.165) is 16.8 Å². The molecule has 5 rings (SSSR count). The van der Waals surface area contributed by atoms with E-state index in [9.17, 15) is 9.59 Å². The summed E-state index contributed by atoms with van der Waals surface area (Å²) < 4.78 is 0. The Hall–Kier alpha value is -3.40. The SMILES string of the molecule is Cc1cccc(N2C(=O)c3ccccc3N3C(=O)c4ccccc4C23)c1. The molecule has 0 N–H and O–H groups in total. The number of amides is 2. The highest BCUT2D eigenvalue weighted by Gasteiger charge is 2.48. The third kappa shape index (κ3) is 1.90. The van der Waals surface area contributed by atoms with Crippen LogP contribution in [0.3, 0.4) is 0 Å². The Bertz CT molecular complexity index is 1070. The van der Waals surface area contributed by atoms with Gasteiger partial charge in [-0.15, -0.1) is 0 Å². The molecule has 2 aliphatic heterocycles.